The number of para-hydroxylation sites is 1. The van der Waals surface area contributed by atoms with Crippen molar-refractivity contribution in [1.82, 2.24) is 14.8 Å². The number of piperazine rings is 1. The second-order valence-corrected chi connectivity index (χ2v) is 10.9. The summed E-state index contributed by atoms with van der Waals surface area (Å²) < 4.78 is 14.4. The molecule has 1 amide bonds. The Morgan fingerprint density at radius 3 is 2.07 bits per heavy atom. The molecule has 41 heavy (non-hydrogen) atoms. The molecule has 2 heterocycles. The van der Waals surface area contributed by atoms with Crippen molar-refractivity contribution in [2.45, 2.75) is 31.7 Å². The van der Waals surface area contributed by atoms with E-state index in [0.717, 1.165) is 41.5 Å². The highest BCUT2D eigenvalue weighted by Crippen LogP contribution is 2.36. The van der Waals surface area contributed by atoms with Gasteiger partial charge in [0.25, 0.3) is 0 Å². The zero-order valence-corrected chi connectivity index (χ0v) is 23.5. The number of amides is 1. The number of hydrogen-bond acceptors (Lipinski definition) is 2. The van der Waals surface area contributed by atoms with Crippen LogP contribution in [0.1, 0.15) is 53.1 Å². The number of aryl methyl sites for hydroxylation is 1. The van der Waals surface area contributed by atoms with E-state index in [1.54, 1.807) is 12.1 Å². The number of rotatable bonds is 8. The molecule has 208 valence electrons. The van der Waals surface area contributed by atoms with Crippen LogP contribution in [0, 0.1) is 5.82 Å². The Morgan fingerprint density at radius 1 is 0.805 bits per heavy atom. The van der Waals surface area contributed by atoms with Crippen molar-refractivity contribution < 1.29 is 9.18 Å². The fourth-order valence-electron chi connectivity index (χ4n) is 6.37. The number of H-pyrrole nitrogens is 1. The van der Waals surface area contributed by atoms with Crippen molar-refractivity contribution >= 4 is 16.8 Å². The molecule has 0 radical (unpaired) electrons. The molecule has 0 aliphatic carbocycles. The molecule has 0 bridgehead atoms. The van der Waals surface area contributed by atoms with Crippen molar-refractivity contribution in [1.29, 1.82) is 0 Å². The van der Waals surface area contributed by atoms with E-state index in [1.165, 1.54) is 22.8 Å². The van der Waals surface area contributed by atoms with E-state index in [-0.39, 0.29) is 23.7 Å². The van der Waals surface area contributed by atoms with Gasteiger partial charge in [0.2, 0.25) is 5.91 Å². The third-order valence-corrected chi connectivity index (χ3v) is 8.48. The predicted octanol–water partition coefficient (Wildman–Crippen LogP) is 7.33. The summed E-state index contributed by atoms with van der Waals surface area (Å²) in [5, 5.41) is 1.10. The maximum Gasteiger partial charge on any atom is 0.223 e. The topological polar surface area (TPSA) is 39.3 Å². The first-order valence-corrected chi connectivity index (χ1v) is 14.6. The fourth-order valence-corrected chi connectivity index (χ4v) is 6.37. The maximum atomic E-state index is 14.4. The SMILES string of the molecule is CCc1cccc2c(C(CC(=O)N3CCN(C(c4ccccc4)c4ccccc4)CC3)c3cccc(F)c3)c[nH]c12. The van der Waals surface area contributed by atoms with E-state index in [4.69, 9.17) is 0 Å². The van der Waals surface area contributed by atoms with Gasteiger partial charge in [0, 0.05) is 55.6 Å². The van der Waals surface area contributed by atoms with Gasteiger partial charge in [0.15, 0.2) is 0 Å². The van der Waals surface area contributed by atoms with E-state index < -0.39 is 0 Å². The Labute approximate surface area is 241 Å². The number of aromatic amines is 1. The Kier molecular flexibility index (Phi) is 7.97. The van der Waals surface area contributed by atoms with Crippen LogP contribution in [0.25, 0.3) is 10.9 Å². The van der Waals surface area contributed by atoms with Crippen LogP contribution >= 0.6 is 0 Å². The minimum Gasteiger partial charge on any atom is -0.361 e. The molecule has 1 aromatic heterocycles. The van der Waals surface area contributed by atoms with Crippen molar-refractivity contribution in [2.75, 3.05) is 26.2 Å². The Morgan fingerprint density at radius 2 is 1.44 bits per heavy atom. The molecule has 1 unspecified atom stereocenters. The minimum atomic E-state index is -0.282. The summed E-state index contributed by atoms with van der Waals surface area (Å²) in [6.07, 6.45) is 3.22. The van der Waals surface area contributed by atoms with Gasteiger partial charge >= 0.3 is 0 Å². The summed E-state index contributed by atoms with van der Waals surface area (Å²) in [5.41, 5.74) is 6.72. The molecule has 5 heteroatoms. The normalized spacial score (nSPS) is 15.0. The molecule has 0 spiro atoms. The van der Waals surface area contributed by atoms with Crippen LogP contribution in [0.4, 0.5) is 4.39 Å². The van der Waals surface area contributed by atoms with Gasteiger partial charge in [0.05, 0.1) is 6.04 Å². The largest absolute Gasteiger partial charge is 0.361 e. The van der Waals surface area contributed by atoms with E-state index in [9.17, 15) is 9.18 Å². The van der Waals surface area contributed by atoms with E-state index in [1.807, 2.05) is 29.3 Å². The first-order chi connectivity index (χ1) is 20.1. The molecule has 6 rings (SSSR count). The number of nitrogens with zero attached hydrogens (tertiary/aromatic N) is 2. The molecule has 5 aromatic rings. The number of halogens is 1. The average Bonchev–Trinajstić information content (AvgIpc) is 3.45. The minimum absolute atomic E-state index is 0.107. The first-order valence-electron chi connectivity index (χ1n) is 14.6. The Hall–Kier alpha value is -4.22. The zero-order chi connectivity index (χ0) is 28.2. The molecule has 1 fully saturated rings. The highest BCUT2D eigenvalue weighted by Gasteiger charge is 2.30. The van der Waals surface area contributed by atoms with Crippen molar-refractivity contribution in [3.63, 3.8) is 0 Å². The van der Waals surface area contributed by atoms with Crippen molar-refractivity contribution in [3.8, 4) is 0 Å². The molecular formula is C36H36FN3O. The van der Waals surface area contributed by atoms with Crippen molar-refractivity contribution in [3.05, 3.63) is 143 Å². The smallest absolute Gasteiger partial charge is 0.223 e. The second-order valence-electron chi connectivity index (χ2n) is 10.9. The third kappa shape index (κ3) is 5.68. The van der Waals surface area contributed by atoms with Crippen LogP contribution in [0.2, 0.25) is 0 Å². The highest BCUT2D eigenvalue weighted by atomic mass is 19.1. The van der Waals surface area contributed by atoms with Gasteiger partial charge in [0.1, 0.15) is 5.82 Å². The highest BCUT2D eigenvalue weighted by molar-refractivity contribution is 5.88. The first kappa shape index (κ1) is 27.0. The summed E-state index contributed by atoms with van der Waals surface area (Å²) in [5.74, 6) is -0.412. The van der Waals surface area contributed by atoms with Gasteiger partial charge in [-0.15, -0.1) is 0 Å². The van der Waals surface area contributed by atoms with Crippen LogP contribution in [-0.4, -0.2) is 46.9 Å². The fraction of sp³-hybridized carbons (Fsp3) is 0.250. The van der Waals surface area contributed by atoms with Crippen LogP contribution < -0.4 is 0 Å². The lowest BCUT2D eigenvalue weighted by Crippen LogP contribution is -2.50. The monoisotopic (exact) mass is 545 g/mol. The molecule has 4 aromatic carbocycles. The van der Waals surface area contributed by atoms with E-state index in [2.05, 4.69) is 83.5 Å². The van der Waals surface area contributed by atoms with Gasteiger partial charge in [-0.25, -0.2) is 4.39 Å². The van der Waals surface area contributed by atoms with Crippen LogP contribution in [0.3, 0.4) is 0 Å². The number of aromatic nitrogens is 1. The Balaban J connectivity index is 1.23. The molecule has 4 nitrogen and oxygen atoms in total. The summed E-state index contributed by atoms with van der Waals surface area (Å²) in [6.45, 7) is 5.05. The zero-order valence-electron chi connectivity index (χ0n) is 23.5. The molecule has 1 aliphatic heterocycles. The molecule has 1 atom stereocenters. The van der Waals surface area contributed by atoms with Crippen LogP contribution in [0.15, 0.2) is 109 Å². The van der Waals surface area contributed by atoms with Gasteiger partial charge in [-0.2, -0.15) is 0 Å². The summed E-state index contributed by atoms with van der Waals surface area (Å²) in [7, 11) is 0. The molecule has 0 saturated carbocycles. The van der Waals surface area contributed by atoms with Gasteiger partial charge < -0.3 is 9.88 Å². The third-order valence-electron chi connectivity index (χ3n) is 8.48. The summed E-state index contributed by atoms with van der Waals surface area (Å²) >= 11 is 0. The molecule has 1 N–H and O–H groups in total. The predicted molar refractivity (Wildman–Crippen MR) is 163 cm³/mol. The standard InChI is InChI=1S/C36H36FN3O/c1-2-26-15-10-18-31-33(25-38-35(26)31)32(29-16-9-17-30(37)23-29)24-34(41)39-19-21-40(22-20-39)36(27-11-5-3-6-12-27)28-13-7-4-8-14-28/h3-18,23,25,32,36,38H,2,19-22,24H2,1H3. The van der Waals surface area contributed by atoms with E-state index in [0.29, 0.717) is 19.5 Å². The number of carbonyl (C=O) groups is 1. The lowest BCUT2D eigenvalue weighted by Gasteiger charge is -2.40. The summed E-state index contributed by atoms with van der Waals surface area (Å²) in [6, 6.07) is 34.3. The number of benzene rings is 4. The summed E-state index contributed by atoms with van der Waals surface area (Å²) in [4.78, 5) is 21.8. The average molecular weight is 546 g/mol. The van der Waals surface area contributed by atoms with Crippen molar-refractivity contribution in [2.24, 2.45) is 0 Å². The number of hydrogen-bond donors (Lipinski definition) is 1. The maximum absolute atomic E-state index is 14.4. The second kappa shape index (κ2) is 12.1. The van der Waals surface area contributed by atoms with Crippen LogP contribution in [-0.2, 0) is 11.2 Å². The number of nitrogens with one attached hydrogen (secondary N) is 1. The quantitative estimate of drug-likeness (QED) is 0.222. The van der Waals surface area contributed by atoms with Gasteiger partial charge in [-0.1, -0.05) is 97.9 Å². The van der Waals surface area contributed by atoms with Gasteiger partial charge in [-0.3, -0.25) is 9.69 Å². The molecular weight excluding hydrogens is 509 g/mol. The van der Waals surface area contributed by atoms with Gasteiger partial charge in [-0.05, 0) is 46.4 Å². The number of carbonyl (C=O) groups excluding carboxylic acids is 1. The lowest BCUT2D eigenvalue weighted by molar-refractivity contribution is -0.133. The van der Waals surface area contributed by atoms with Crippen LogP contribution in [0.5, 0.6) is 0 Å². The lowest BCUT2D eigenvalue weighted by atomic mass is 9.87. The molecule has 1 saturated heterocycles. The Bertz CT molecular complexity index is 1570. The number of fused-ring (bicyclic) bond motifs is 1. The molecule has 1 aliphatic rings. The van der Waals surface area contributed by atoms with E-state index >= 15 is 0 Å².